The van der Waals surface area contributed by atoms with Gasteiger partial charge in [0.15, 0.2) is 12.4 Å². The second-order valence-corrected chi connectivity index (χ2v) is 4.90. The van der Waals surface area contributed by atoms with Gasteiger partial charge in [0.1, 0.15) is 5.75 Å². The van der Waals surface area contributed by atoms with E-state index in [2.05, 4.69) is 0 Å². The minimum absolute atomic E-state index is 0.204. The van der Waals surface area contributed by atoms with Gasteiger partial charge in [-0.05, 0) is 30.7 Å². The van der Waals surface area contributed by atoms with Gasteiger partial charge in [0.25, 0.3) is 0 Å². The number of ether oxygens (including phenoxy) is 1. The molecule has 1 N–H and O–H groups in total. The molecule has 5 heteroatoms. The number of rotatable bonds is 5. The van der Waals surface area contributed by atoms with Gasteiger partial charge in [-0.15, -0.1) is 0 Å². The van der Waals surface area contributed by atoms with Crippen LogP contribution < -0.4 is 4.74 Å². The Labute approximate surface area is 126 Å². The molecule has 0 saturated carbocycles. The molecule has 0 aromatic heterocycles. The lowest BCUT2D eigenvalue weighted by molar-refractivity contribution is -0.139. The Bertz CT molecular complexity index is 694. The smallest absolute Gasteiger partial charge is 0.341 e. The van der Waals surface area contributed by atoms with Gasteiger partial charge in [-0.3, -0.25) is 4.79 Å². The molecule has 0 bridgehead atoms. The highest BCUT2D eigenvalue weighted by molar-refractivity contribution is 6.31. The number of hydrogen-bond donors (Lipinski definition) is 1. The SMILES string of the molecule is Cc1ccccc1C(=O)c1cc(Cl)ccc1OCC(=O)O. The maximum absolute atomic E-state index is 12.6. The molecule has 2 aromatic rings. The van der Waals surface area contributed by atoms with Crippen LogP contribution in [0, 0.1) is 6.92 Å². The number of aryl methyl sites for hydroxylation is 1. The highest BCUT2D eigenvalue weighted by Crippen LogP contribution is 2.26. The van der Waals surface area contributed by atoms with Crippen LogP contribution in [0.15, 0.2) is 42.5 Å². The lowest BCUT2D eigenvalue weighted by Gasteiger charge is -2.11. The molecule has 4 nitrogen and oxygen atoms in total. The van der Waals surface area contributed by atoms with Crippen molar-refractivity contribution in [1.29, 1.82) is 0 Å². The number of hydrogen-bond acceptors (Lipinski definition) is 3. The second kappa shape index (κ2) is 6.41. The summed E-state index contributed by atoms with van der Waals surface area (Å²) in [5.74, 6) is -1.16. The summed E-state index contributed by atoms with van der Waals surface area (Å²) in [6.45, 7) is 1.31. The summed E-state index contributed by atoms with van der Waals surface area (Å²) in [5, 5.41) is 9.07. The van der Waals surface area contributed by atoms with Crippen molar-refractivity contribution in [1.82, 2.24) is 0 Å². The number of carbonyl (C=O) groups is 2. The molecule has 0 spiro atoms. The summed E-state index contributed by atoms with van der Waals surface area (Å²) >= 11 is 5.93. The van der Waals surface area contributed by atoms with Crippen molar-refractivity contribution in [3.63, 3.8) is 0 Å². The first kappa shape index (κ1) is 15.1. The molecule has 2 aromatic carbocycles. The van der Waals surface area contributed by atoms with Crippen LogP contribution >= 0.6 is 11.6 Å². The molecule has 0 amide bonds. The van der Waals surface area contributed by atoms with E-state index in [0.29, 0.717) is 10.6 Å². The highest BCUT2D eigenvalue weighted by Gasteiger charge is 2.17. The molecular weight excluding hydrogens is 292 g/mol. The van der Waals surface area contributed by atoms with E-state index < -0.39 is 12.6 Å². The Morgan fingerprint density at radius 2 is 1.86 bits per heavy atom. The largest absolute Gasteiger partial charge is 0.481 e. The van der Waals surface area contributed by atoms with Crippen LogP contribution in [-0.2, 0) is 4.79 Å². The number of carboxylic acid groups (broad SMARTS) is 1. The Hall–Kier alpha value is -2.33. The maximum Gasteiger partial charge on any atom is 0.341 e. The molecule has 2 rings (SSSR count). The van der Waals surface area contributed by atoms with Crippen LogP contribution in [-0.4, -0.2) is 23.5 Å². The molecule has 0 aliphatic rings. The van der Waals surface area contributed by atoms with E-state index in [1.54, 1.807) is 18.2 Å². The average Bonchev–Trinajstić information content (AvgIpc) is 2.45. The molecule has 21 heavy (non-hydrogen) atoms. The van der Waals surface area contributed by atoms with E-state index in [1.165, 1.54) is 12.1 Å². The van der Waals surface area contributed by atoms with E-state index in [1.807, 2.05) is 19.1 Å². The van der Waals surface area contributed by atoms with Gasteiger partial charge in [0, 0.05) is 10.6 Å². The number of benzene rings is 2. The van der Waals surface area contributed by atoms with Gasteiger partial charge in [-0.1, -0.05) is 35.9 Å². The Balaban J connectivity index is 2.42. The van der Waals surface area contributed by atoms with E-state index in [4.69, 9.17) is 21.4 Å². The molecule has 0 aliphatic carbocycles. The predicted molar refractivity (Wildman–Crippen MR) is 79.2 cm³/mol. The van der Waals surface area contributed by atoms with Crippen molar-refractivity contribution in [3.8, 4) is 5.75 Å². The minimum Gasteiger partial charge on any atom is -0.481 e. The van der Waals surface area contributed by atoms with Crippen LogP contribution in [0.1, 0.15) is 21.5 Å². The summed E-state index contributed by atoms with van der Waals surface area (Å²) in [7, 11) is 0. The first-order chi connectivity index (χ1) is 9.99. The van der Waals surface area contributed by atoms with Crippen molar-refractivity contribution in [3.05, 3.63) is 64.2 Å². The number of halogens is 1. The lowest BCUT2D eigenvalue weighted by Crippen LogP contribution is -2.13. The van der Waals surface area contributed by atoms with Crippen molar-refractivity contribution < 1.29 is 19.4 Å². The molecule has 0 aliphatic heterocycles. The van der Waals surface area contributed by atoms with Crippen molar-refractivity contribution in [2.24, 2.45) is 0 Å². The fraction of sp³-hybridized carbons (Fsp3) is 0.125. The summed E-state index contributed by atoms with van der Waals surface area (Å²) in [6.07, 6.45) is 0. The molecule has 0 heterocycles. The van der Waals surface area contributed by atoms with Crippen molar-refractivity contribution in [2.45, 2.75) is 6.92 Å². The molecule has 0 radical (unpaired) electrons. The fourth-order valence-corrected chi connectivity index (χ4v) is 2.09. The molecule has 0 atom stereocenters. The van der Waals surface area contributed by atoms with Crippen LogP contribution in [0.2, 0.25) is 5.02 Å². The van der Waals surface area contributed by atoms with Crippen LogP contribution in [0.5, 0.6) is 5.75 Å². The lowest BCUT2D eigenvalue weighted by atomic mass is 9.98. The fourth-order valence-electron chi connectivity index (χ4n) is 1.92. The Morgan fingerprint density at radius 3 is 2.52 bits per heavy atom. The number of carbonyl (C=O) groups excluding carboxylic acids is 1. The Kier molecular flexibility index (Phi) is 4.60. The van der Waals surface area contributed by atoms with Crippen LogP contribution in [0.4, 0.5) is 0 Å². The summed E-state index contributed by atoms with van der Waals surface area (Å²) in [5.41, 5.74) is 1.60. The first-order valence-electron chi connectivity index (χ1n) is 6.23. The van der Waals surface area contributed by atoms with Gasteiger partial charge < -0.3 is 9.84 Å². The third kappa shape index (κ3) is 3.61. The topological polar surface area (TPSA) is 63.6 Å². The third-order valence-electron chi connectivity index (χ3n) is 2.93. The van der Waals surface area contributed by atoms with E-state index >= 15 is 0 Å². The second-order valence-electron chi connectivity index (χ2n) is 4.47. The van der Waals surface area contributed by atoms with Crippen LogP contribution in [0.25, 0.3) is 0 Å². The van der Waals surface area contributed by atoms with E-state index in [-0.39, 0.29) is 17.1 Å². The number of ketones is 1. The van der Waals surface area contributed by atoms with Crippen molar-refractivity contribution in [2.75, 3.05) is 6.61 Å². The number of carboxylic acids is 1. The highest BCUT2D eigenvalue weighted by atomic mass is 35.5. The third-order valence-corrected chi connectivity index (χ3v) is 3.16. The van der Waals surface area contributed by atoms with E-state index in [0.717, 1.165) is 5.56 Å². The van der Waals surface area contributed by atoms with Crippen LogP contribution in [0.3, 0.4) is 0 Å². The van der Waals surface area contributed by atoms with E-state index in [9.17, 15) is 9.59 Å². The predicted octanol–water partition coefficient (Wildman–Crippen LogP) is 3.34. The minimum atomic E-state index is -1.11. The standard InChI is InChI=1S/C16H13ClO4/c1-10-4-2-3-5-12(10)16(20)13-8-11(17)6-7-14(13)21-9-15(18)19/h2-8H,9H2,1H3,(H,18,19). The molecule has 0 fully saturated rings. The first-order valence-corrected chi connectivity index (χ1v) is 6.61. The summed E-state index contributed by atoms with van der Waals surface area (Å²) in [6, 6.07) is 11.7. The zero-order valence-corrected chi connectivity index (χ0v) is 12.1. The van der Waals surface area contributed by atoms with Gasteiger partial charge in [0.2, 0.25) is 0 Å². The van der Waals surface area contributed by atoms with Gasteiger partial charge in [0.05, 0.1) is 5.56 Å². The van der Waals surface area contributed by atoms with Crippen molar-refractivity contribution >= 4 is 23.4 Å². The molecule has 0 unspecified atom stereocenters. The average molecular weight is 305 g/mol. The monoisotopic (exact) mass is 304 g/mol. The molecule has 0 saturated heterocycles. The van der Waals surface area contributed by atoms with Gasteiger partial charge >= 0.3 is 5.97 Å². The zero-order chi connectivity index (χ0) is 15.4. The zero-order valence-electron chi connectivity index (χ0n) is 11.3. The molecule has 108 valence electrons. The molecular formula is C16H13ClO4. The number of aliphatic carboxylic acids is 1. The quantitative estimate of drug-likeness (QED) is 0.860. The maximum atomic E-state index is 12.6. The van der Waals surface area contributed by atoms with Gasteiger partial charge in [-0.2, -0.15) is 0 Å². The summed E-state index contributed by atoms with van der Waals surface area (Å²) < 4.78 is 5.16. The Morgan fingerprint density at radius 1 is 1.14 bits per heavy atom. The normalized spacial score (nSPS) is 10.2. The summed E-state index contributed by atoms with van der Waals surface area (Å²) in [4.78, 5) is 23.2. The van der Waals surface area contributed by atoms with Gasteiger partial charge in [-0.25, -0.2) is 4.79 Å².